The van der Waals surface area contributed by atoms with Crippen molar-refractivity contribution in [2.45, 2.75) is 19.9 Å². The van der Waals surface area contributed by atoms with Crippen LogP contribution in [-0.4, -0.2) is 30.3 Å². The number of hydrogen-bond acceptors (Lipinski definition) is 5. The molecule has 0 spiro atoms. The third kappa shape index (κ3) is 3.70. The van der Waals surface area contributed by atoms with Gasteiger partial charge in [0.05, 0.1) is 23.4 Å². The molecule has 26 heavy (non-hydrogen) atoms. The van der Waals surface area contributed by atoms with Crippen LogP contribution in [0.15, 0.2) is 51.7 Å². The van der Waals surface area contributed by atoms with Crippen LogP contribution in [0.5, 0.6) is 5.75 Å². The zero-order valence-corrected chi connectivity index (χ0v) is 14.7. The lowest BCUT2D eigenvalue weighted by Gasteiger charge is -2.19. The van der Waals surface area contributed by atoms with Crippen LogP contribution < -0.4 is 15.5 Å². The number of fused-ring (bicyclic) bond motifs is 2. The van der Waals surface area contributed by atoms with Gasteiger partial charge in [-0.15, -0.1) is 0 Å². The van der Waals surface area contributed by atoms with Crippen molar-refractivity contribution in [3.05, 3.63) is 52.7 Å². The molecule has 0 aliphatic heterocycles. The highest BCUT2D eigenvalue weighted by molar-refractivity contribution is 5.90. The minimum Gasteiger partial charge on any atom is -0.484 e. The smallest absolute Gasteiger partial charge is 0.258 e. The maximum absolute atomic E-state index is 12.5. The molecule has 0 saturated carbocycles. The van der Waals surface area contributed by atoms with Crippen LogP contribution >= 0.6 is 0 Å². The Balaban J connectivity index is 1.78. The van der Waals surface area contributed by atoms with E-state index in [1.165, 1.54) is 0 Å². The van der Waals surface area contributed by atoms with Crippen molar-refractivity contribution in [1.82, 2.24) is 5.32 Å². The Bertz CT molecular complexity index is 992. The normalized spacial score (nSPS) is 12.5. The summed E-state index contributed by atoms with van der Waals surface area (Å²) in [4.78, 5) is 24.5. The molecule has 0 saturated heterocycles. The number of rotatable bonds is 6. The van der Waals surface area contributed by atoms with Crippen LogP contribution in [0.4, 0.5) is 0 Å². The molecule has 2 N–H and O–H groups in total. The van der Waals surface area contributed by atoms with E-state index in [0.29, 0.717) is 27.7 Å². The second-order valence-electron chi connectivity index (χ2n) is 6.47. The largest absolute Gasteiger partial charge is 0.484 e. The minimum absolute atomic E-state index is 0.103. The Morgan fingerprint density at radius 2 is 1.88 bits per heavy atom. The van der Waals surface area contributed by atoms with Gasteiger partial charge in [-0.25, -0.2) is 0 Å². The van der Waals surface area contributed by atoms with Crippen LogP contribution in [0.3, 0.4) is 0 Å². The quantitative estimate of drug-likeness (QED) is 0.663. The number of para-hydroxylation sites is 1. The summed E-state index contributed by atoms with van der Waals surface area (Å²) in [5, 5.41) is 13.0. The fourth-order valence-corrected chi connectivity index (χ4v) is 2.69. The summed E-state index contributed by atoms with van der Waals surface area (Å²) in [6, 6.07) is 11.6. The predicted octanol–water partition coefficient (Wildman–Crippen LogP) is 2.46. The van der Waals surface area contributed by atoms with Crippen molar-refractivity contribution in [2.24, 2.45) is 5.92 Å². The molecular formula is C20H21NO5. The highest BCUT2D eigenvalue weighted by Gasteiger charge is 2.15. The van der Waals surface area contributed by atoms with Gasteiger partial charge in [0.15, 0.2) is 6.61 Å². The van der Waals surface area contributed by atoms with E-state index in [1.54, 1.807) is 42.5 Å². The molecule has 1 aromatic heterocycles. The predicted molar refractivity (Wildman–Crippen MR) is 99.3 cm³/mol. The van der Waals surface area contributed by atoms with Gasteiger partial charge in [0.25, 0.3) is 5.91 Å². The van der Waals surface area contributed by atoms with Crippen LogP contribution in [-0.2, 0) is 4.79 Å². The first kappa shape index (κ1) is 17.9. The second kappa shape index (κ2) is 7.58. The lowest BCUT2D eigenvalue weighted by atomic mass is 10.1. The van der Waals surface area contributed by atoms with Crippen molar-refractivity contribution in [3.63, 3.8) is 0 Å². The van der Waals surface area contributed by atoms with E-state index in [4.69, 9.17) is 9.15 Å². The molecule has 1 atom stereocenters. The molecule has 136 valence electrons. The van der Waals surface area contributed by atoms with Crippen molar-refractivity contribution in [3.8, 4) is 5.75 Å². The molecule has 0 aliphatic carbocycles. The van der Waals surface area contributed by atoms with Crippen LogP contribution in [0.2, 0.25) is 0 Å². The molecule has 3 aromatic rings. The second-order valence-corrected chi connectivity index (χ2v) is 6.47. The van der Waals surface area contributed by atoms with Crippen molar-refractivity contribution in [2.75, 3.05) is 13.2 Å². The third-order valence-corrected chi connectivity index (χ3v) is 4.27. The Kier molecular flexibility index (Phi) is 5.23. The van der Waals surface area contributed by atoms with Gasteiger partial charge < -0.3 is 19.6 Å². The molecular weight excluding hydrogens is 334 g/mol. The maximum Gasteiger partial charge on any atom is 0.258 e. The molecule has 0 radical (unpaired) electrons. The summed E-state index contributed by atoms with van der Waals surface area (Å²) < 4.78 is 11.3. The molecule has 2 aromatic carbocycles. The van der Waals surface area contributed by atoms with Gasteiger partial charge in [-0.05, 0) is 30.2 Å². The monoisotopic (exact) mass is 355 g/mol. The zero-order chi connectivity index (χ0) is 18.7. The molecule has 0 bridgehead atoms. The number of aliphatic hydroxyl groups is 1. The van der Waals surface area contributed by atoms with Gasteiger partial charge in [0.2, 0.25) is 5.43 Å². The lowest BCUT2D eigenvalue weighted by Crippen LogP contribution is -2.43. The SMILES string of the molecule is CC(C)[C@H](CO)NC(=O)COc1ccc2c(=O)c3ccccc3oc2c1. The highest BCUT2D eigenvalue weighted by atomic mass is 16.5. The summed E-state index contributed by atoms with van der Waals surface area (Å²) in [7, 11) is 0. The van der Waals surface area contributed by atoms with E-state index in [-0.39, 0.29) is 36.5 Å². The van der Waals surface area contributed by atoms with E-state index in [9.17, 15) is 14.7 Å². The standard InChI is InChI=1S/C20H21NO5/c1-12(2)16(10-22)21-19(23)11-25-13-7-8-15-18(9-13)26-17-6-4-3-5-14(17)20(15)24/h3-9,12,16,22H,10-11H2,1-2H3,(H,21,23)/t16-/m0/s1. The first-order chi connectivity index (χ1) is 12.5. The summed E-state index contributed by atoms with van der Waals surface area (Å²) in [6.07, 6.45) is 0. The number of amides is 1. The van der Waals surface area contributed by atoms with E-state index < -0.39 is 0 Å². The molecule has 0 aliphatic rings. The third-order valence-electron chi connectivity index (χ3n) is 4.27. The first-order valence-corrected chi connectivity index (χ1v) is 8.48. The number of ether oxygens (including phenoxy) is 1. The number of nitrogens with one attached hydrogen (secondary N) is 1. The molecule has 0 fully saturated rings. The average molecular weight is 355 g/mol. The molecule has 3 rings (SSSR count). The Hall–Kier alpha value is -2.86. The molecule has 0 unspecified atom stereocenters. The van der Waals surface area contributed by atoms with Crippen molar-refractivity contribution in [1.29, 1.82) is 0 Å². The van der Waals surface area contributed by atoms with Gasteiger partial charge in [0, 0.05) is 6.07 Å². The number of hydrogen-bond donors (Lipinski definition) is 2. The van der Waals surface area contributed by atoms with Crippen molar-refractivity contribution < 1.29 is 19.1 Å². The Morgan fingerprint density at radius 1 is 1.15 bits per heavy atom. The number of aliphatic hydroxyl groups excluding tert-OH is 1. The van der Waals surface area contributed by atoms with Crippen LogP contribution in [0.1, 0.15) is 13.8 Å². The molecule has 6 nitrogen and oxygen atoms in total. The average Bonchev–Trinajstić information content (AvgIpc) is 2.64. The Morgan fingerprint density at radius 3 is 2.62 bits per heavy atom. The summed E-state index contributed by atoms with van der Waals surface area (Å²) in [6.45, 7) is 3.51. The Labute approximate surface area is 150 Å². The first-order valence-electron chi connectivity index (χ1n) is 8.48. The van der Waals surface area contributed by atoms with E-state index in [2.05, 4.69) is 5.32 Å². The number of benzene rings is 2. The van der Waals surface area contributed by atoms with Crippen LogP contribution in [0, 0.1) is 5.92 Å². The van der Waals surface area contributed by atoms with Crippen LogP contribution in [0.25, 0.3) is 21.9 Å². The van der Waals surface area contributed by atoms with Gasteiger partial charge in [-0.2, -0.15) is 0 Å². The van der Waals surface area contributed by atoms with Gasteiger partial charge >= 0.3 is 0 Å². The number of carbonyl (C=O) groups excluding carboxylic acids is 1. The molecule has 1 heterocycles. The van der Waals surface area contributed by atoms with Gasteiger partial charge in [-0.3, -0.25) is 9.59 Å². The van der Waals surface area contributed by atoms with E-state index >= 15 is 0 Å². The fourth-order valence-electron chi connectivity index (χ4n) is 2.69. The summed E-state index contributed by atoms with van der Waals surface area (Å²) in [5.74, 6) is 0.223. The fraction of sp³-hybridized carbons (Fsp3) is 0.300. The molecule has 1 amide bonds. The summed E-state index contributed by atoms with van der Waals surface area (Å²) >= 11 is 0. The minimum atomic E-state index is -0.321. The topological polar surface area (TPSA) is 88.8 Å². The zero-order valence-electron chi connectivity index (χ0n) is 14.7. The van der Waals surface area contributed by atoms with Gasteiger partial charge in [-0.1, -0.05) is 26.0 Å². The van der Waals surface area contributed by atoms with Gasteiger partial charge in [0.1, 0.15) is 16.9 Å². The van der Waals surface area contributed by atoms with E-state index in [0.717, 1.165) is 0 Å². The molecule has 6 heteroatoms. The number of carbonyl (C=O) groups is 1. The lowest BCUT2D eigenvalue weighted by molar-refractivity contribution is -0.124. The van der Waals surface area contributed by atoms with E-state index in [1.807, 2.05) is 13.8 Å². The summed E-state index contributed by atoms with van der Waals surface area (Å²) in [5.41, 5.74) is 0.804. The highest BCUT2D eigenvalue weighted by Crippen LogP contribution is 2.22. The van der Waals surface area contributed by atoms with Crippen molar-refractivity contribution >= 4 is 27.8 Å². The maximum atomic E-state index is 12.5.